The number of H-pyrrole nitrogens is 1. The maximum Gasteiger partial charge on any atom is 0.332 e. The van der Waals surface area contributed by atoms with Gasteiger partial charge >= 0.3 is 12.0 Å². The number of hydrogen-bond donors (Lipinski definition) is 3. The predicted molar refractivity (Wildman–Crippen MR) is 164 cm³/mol. The normalized spacial score (nSPS) is 18.2. The van der Waals surface area contributed by atoms with Gasteiger partial charge in [-0.1, -0.05) is 90.5 Å². The number of nitrogens with one attached hydrogen (secondary N) is 2. The molecule has 4 aromatic carbocycles. The summed E-state index contributed by atoms with van der Waals surface area (Å²) in [6.07, 6.45) is 0.312. The molecule has 218 valence electrons. The van der Waals surface area contributed by atoms with Crippen LogP contribution in [0.3, 0.4) is 0 Å². The van der Waals surface area contributed by atoms with Crippen molar-refractivity contribution >= 4 is 40.4 Å². The average molecular weight is 585 g/mol. The van der Waals surface area contributed by atoms with Crippen molar-refractivity contribution in [2.45, 2.75) is 31.5 Å². The third-order valence-corrected chi connectivity index (χ3v) is 8.49. The molecule has 7 rings (SSSR count). The SMILES string of the molecule is Cc1ccc(C2c3[nH]c4ccccc4c3C[C@H]3C(=O)N(c4ccccc4C(=O)N[C@H](C(=O)O)c4ccccc4)C(=O)N23)cc1. The lowest BCUT2D eigenvalue weighted by Gasteiger charge is -2.36. The number of benzene rings is 4. The van der Waals surface area contributed by atoms with Crippen LogP contribution in [0.5, 0.6) is 0 Å². The number of rotatable bonds is 6. The van der Waals surface area contributed by atoms with E-state index in [1.165, 1.54) is 12.1 Å². The van der Waals surface area contributed by atoms with Crippen molar-refractivity contribution in [2.24, 2.45) is 0 Å². The fourth-order valence-electron chi connectivity index (χ4n) is 6.39. The Morgan fingerprint density at radius 3 is 2.32 bits per heavy atom. The second-order valence-electron chi connectivity index (χ2n) is 11.1. The molecule has 44 heavy (non-hydrogen) atoms. The van der Waals surface area contributed by atoms with Crippen molar-refractivity contribution in [3.8, 4) is 0 Å². The number of aromatic amines is 1. The van der Waals surface area contributed by atoms with Gasteiger partial charge in [-0.3, -0.25) is 14.5 Å². The number of urea groups is 1. The van der Waals surface area contributed by atoms with Gasteiger partial charge in [-0.2, -0.15) is 0 Å². The molecule has 3 heterocycles. The third kappa shape index (κ3) is 4.32. The highest BCUT2D eigenvalue weighted by molar-refractivity contribution is 6.24. The maximum absolute atomic E-state index is 14.3. The Bertz CT molecular complexity index is 1950. The van der Waals surface area contributed by atoms with E-state index in [4.69, 9.17) is 0 Å². The molecule has 2 aliphatic heterocycles. The van der Waals surface area contributed by atoms with E-state index in [9.17, 15) is 24.3 Å². The smallest absolute Gasteiger partial charge is 0.332 e. The number of aromatic nitrogens is 1. The van der Waals surface area contributed by atoms with Crippen molar-refractivity contribution in [3.05, 3.63) is 137 Å². The molecule has 5 aromatic rings. The average Bonchev–Trinajstić information content (AvgIpc) is 3.53. The van der Waals surface area contributed by atoms with E-state index < -0.39 is 41.9 Å². The van der Waals surface area contributed by atoms with Gasteiger partial charge in [0.15, 0.2) is 6.04 Å². The summed E-state index contributed by atoms with van der Waals surface area (Å²) in [7, 11) is 0. The Morgan fingerprint density at radius 1 is 0.886 bits per heavy atom. The summed E-state index contributed by atoms with van der Waals surface area (Å²) < 4.78 is 0. The van der Waals surface area contributed by atoms with Crippen molar-refractivity contribution in [1.82, 2.24) is 15.2 Å². The highest BCUT2D eigenvalue weighted by atomic mass is 16.4. The minimum absolute atomic E-state index is 0.0204. The van der Waals surface area contributed by atoms with E-state index in [1.54, 1.807) is 47.4 Å². The first-order valence-electron chi connectivity index (χ1n) is 14.3. The fraction of sp³-hybridized carbons (Fsp3) is 0.143. The number of aryl methyl sites for hydroxylation is 1. The van der Waals surface area contributed by atoms with Crippen LogP contribution in [0.15, 0.2) is 103 Å². The highest BCUT2D eigenvalue weighted by Crippen LogP contribution is 2.45. The van der Waals surface area contributed by atoms with Crippen LogP contribution >= 0.6 is 0 Å². The van der Waals surface area contributed by atoms with Crippen LogP contribution in [0.25, 0.3) is 10.9 Å². The number of aliphatic carboxylic acids is 1. The topological polar surface area (TPSA) is 123 Å². The van der Waals surface area contributed by atoms with Gasteiger partial charge in [-0.05, 0) is 41.8 Å². The molecule has 0 spiro atoms. The van der Waals surface area contributed by atoms with Crippen LogP contribution in [0.2, 0.25) is 0 Å². The zero-order chi connectivity index (χ0) is 30.5. The number of carbonyl (C=O) groups excluding carboxylic acids is 3. The van der Waals surface area contributed by atoms with Gasteiger partial charge in [-0.25, -0.2) is 14.5 Å². The Morgan fingerprint density at radius 2 is 1.57 bits per heavy atom. The number of nitrogens with zero attached hydrogens (tertiary/aromatic N) is 2. The van der Waals surface area contributed by atoms with Crippen molar-refractivity contribution in [2.75, 3.05) is 4.90 Å². The second-order valence-corrected chi connectivity index (χ2v) is 11.1. The molecule has 1 unspecified atom stereocenters. The van der Waals surface area contributed by atoms with Crippen molar-refractivity contribution < 1.29 is 24.3 Å². The molecular weight excluding hydrogens is 556 g/mol. The molecule has 1 fully saturated rings. The monoisotopic (exact) mass is 584 g/mol. The van der Waals surface area contributed by atoms with E-state index in [1.807, 2.05) is 55.5 Å². The van der Waals surface area contributed by atoms with Gasteiger partial charge in [0.2, 0.25) is 0 Å². The standard InChI is InChI=1S/C35H28N4O5/c1-20-15-17-22(18-16-20)31-30-25(23-11-5-7-13-26(23)36-30)19-28-33(41)39(35(44)38(28)31)27-14-8-6-12-24(27)32(40)37-29(34(42)43)21-9-3-2-4-10-21/h2-18,28-29,31,36H,19H2,1H3,(H,37,40)(H,42,43)/t28-,29-,31?/m0/s1. The third-order valence-electron chi connectivity index (χ3n) is 8.49. The molecule has 0 bridgehead atoms. The van der Waals surface area contributed by atoms with Gasteiger partial charge in [0.25, 0.3) is 11.8 Å². The molecule has 9 heteroatoms. The summed E-state index contributed by atoms with van der Waals surface area (Å²) in [6, 6.07) is 27.2. The lowest BCUT2D eigenvalue weighted by Crippen LogP contribution is -2.44. The van der Waals surface area contributed by atoms with E-state index in [0.717, 1.165) is 38.2 Å². The first kappa shape index (κ1) is 27.2. The van der Waals surface area contributed by atoms with Crippen LogP contribution in [0.1, 0.15) is 50.4 Å². The number of fused-ring (bicyclic) bond motifs is 4. The van der Waals surface area contributed by atoms with Crippen LogP contribution < -0.4 is 10.2 Å². The van der Waals surface area contributed by atoms with Gasteiger partial charge < -0.3 is 15.4 Å². The summed E-state index contributed by atoms with van der Waals surface area (Å²) in [4.78, 5) is 60.4. The largest absolute Gasteiger partial charge is 0.479 e. The minimum atomic E-state index is -1.32. The summed E-state index contributed by atoms with van der Waals surface area (Å²) in [5.74, 6) is -2.39. The lowest BCUT2D eigenvalue weighted by molar-refractivity contribution is -0.139. The summed E-state index contributed by atoms with van der Waals surface area (Å²) in [5.41, 5.74) is 5.20. The summed E-state index contributed by atoms with van der Waals surface area (Å²) in [6.45, 7) is 1.99. The van der Waals surface area contributed by atoms with E-state index in [-0.39, 0.29) is 11.3 Å². The number of carboxylic acid groups (broad SMARTS) is 1. The van der Waals surface area contributed by atoms with Gasteiger partial charge in [-0.15, -0.1) is 0 Å². The fourth-order valence-corrected chi connectivity index (χ4v) is 6.39. The number of hydrogen-bond acceptors (Lipinski definition) is 4. The highest BCUT2D eigenvalue weighted by Gasteiger charge is 2.53. The molecule has 1 aromatic heterocycles. The van der Waals surface area contributed by atoms with Gasteiger partial charge in [0.1, 0.15) is 12.1 Å². The van der Waals surface area contributed by atoms with Crippen molar-refractivity contribution in [3.63, 3.8) is 0 Å². The number of para-hydroxylation sites is 2. The molecule has 3 atom stereocenters. The maximum atomic E-state index is 14.3. The minimum Gasteiger partial charge on any atom is -0.479 e. The molecule has 1 saturated heterocycles. The quantitative estimate of drug-likeness (QED) is 0.227. The first-order chi connectivity index (χ1) is 21.3. The molecule has 4 amide bonds. The van der Waals surface area contributed by atoms with Crippen LogP contribution in [-0.2, 0) is 16.0 Å². The van der Waals surface area contributed by atoms with Gasteiger partial charge in [0.05, 0.1) is 11.3 Å². The van der Waals surface area contributed by atoms with Gasteiger partial charge in [0, 0.05) is 23.0 Å². The molecule has 9 nitrogen and oxygen atoms in total. The molecule has 0 radical (unpaired) electrons. The lowest BCUT2D eigenvalue weighted by atomic mass is 9.88. The first-order valence-corrected chi connectivity index (χ1v) is 14.3. The molecule has 0 aliphatic carbocycles. The van der Waals surface area contributed by atoms with E-state index >= 15 is 0 Å². The Hall–Kier alpha value is -5.70. The number of carbonyl (C=O) groups is 4. The summed E-state index contributed by atoms with van der Waals surface area (Å²) in [5, 5.41) is 13.4. The van der Waals surface area contributed by atoms with Crippen molar-refractivity contribution in [1.29, 1.82) is 0 Å². The zero-order valence-electron chi connectivity index (χ0n) is 23.7. The number of amides is 4. The Labute approximate surface area is 252 Å². The Balaban J connectivity index is 1.29. The molecule has 3 N–H and O–H groups in total. The second kappa shape index (κ2) is 10.5. The zero-order valence-corrected chi connectivity index (χ0v) is 23.7. The Kier molecular flexibility index (Phi) is 6.50. The van der Waals surface area contributed by atoms with Crippen LogP contribution in [-0.4, -0.2) is 44.8 Å². The number of anilines is 1. The molecular formula is C35H28N4O5. The molecule has 2 aliphatic rings. The van der Waals surface area contributed by atoms with E-state index in [0.29, 0.717) is 12.0 Å². The summed E-state index contributed by atoms with van der Waals surface area (Å²) >= 11 is 0. The predicted octanol–water partition coefficient (Wildman–Crippen LogP) is 5.51. The van der Waals surface area contributed by atoms with E-state index in [2.05, 4.69) is 10.3 Å². The van der Waals surface area contributed by atoms with Crippen LogP contribution in [0.4, 0.5) is 10.5 Å². The number of imide groups is 1. The van der Waals surface area contributed by atoms with Crippen LogP contribution in [0, 0.1) is 6.92 Å². The number of carboxylic acids is 1. The molecule has 0 saturated carbocycles.